The number of nitrogens with zero attached hydrogens (tertiary/aromatic N) is 2. The molecule has 11 heteroatoms. The summed E-state index contributed by atoms with van der Waals surface area (Å²) >= 11 is 13.2. The Labute approximate surface area is 223 Å². The smallest absolute Gasteiger partial charge is 0.229 e. The van der Waals surface area contributed by atoms with Gasteiger partial charge in [0.1, 0.15) is 11.8 Å². The van der Waals surface area contributed by atoms with E-state index in [1.165, 1.54) is 11.8 Å². The molecule has 0 bridgehead atoms. The summed E-state index contributed by atoms with van der Waals surface area (Å²) in [5.41, 5.74) is 2.08. The van der Waals surface area contributed by atoms with E-state index in [0.29, 0.717) is 21.6 Å². The van der Waals surface area contributed by atoms with Crippen molar-refractivity contribution in [1.82, 2.24) is 10.3 Å². The van der Waals surface area contributed by atoms with Gasteiger partial charge in [-0.05, 0) is 85.0 Å². The molecule has 0 unspecified atom stereocenters. The van der Waals surface area contributed by atoms with Gasteiger partial charge in [0.25, 0.3) is 0 Å². The van der Waals surface area contributed by atoms with Gasteiger partial charge in [0.15, 0.2) is 10.2 Å². The van der Waals surface area contributed by atoms with Gasteiger partial charge in [0, 0.05) is 27.5 Å². The Hall–Kier alpha value is -3.05. The molecule has 3 heterocycles. The van der Waals surface area contributed by atoms with E-state index in [4.69, 9.17) is 28.2 Å². The Morgan fingerprint density at radius 3 is 2.47 bits per heavy atom. The van der Waals surface area contributed by atoms with E-state index >= 15 is 0 Å². The highest BCUT2D eigenvalue weighted by Crippen LogP contribution is 2.43. The van der Waals surface area contributed by atoms with E-state index in [1.54, 1.807) is 18.3 Å². The zero-order valence-corrected chi connectivity index (χ0v) is 22.2. The van der Waals surface area contributed by atoms with Crippen molar-refractivity contribution in [2.75, 3.05) is 15.9 Å². The molecule has 5 rings (SSSR count). The van der Waals surface area contributed by atoms with Crippen molar-refractivity contribution in [1.29, 1.82) is 0 Å². The molecule has 2 aromatic heterocycles. The fourth-order valence-electron chi connectivity index (χ4n) is 3.99. The van der Waals surface area contributed by atoms with Crippen molar-refractivity contribution in [3.05, 3.63) is 102 Å². The Balaban J connectivity index is 1.49. The molecule has 0 amide bonds. The lowest BCUT2D eigenvalue weighted by Gasteiger charge is -2.26. The summed E-state index contributed by atoms with van der Waals surface area (Å²) in [5.74, 6) is 0.716. The third-order valence-corrected chi connectivity index (χ3v) is 7.57. The van der Waals surface area contributed by atoms with Gasteiger partial charge < -0.3 is 14.6 Å². The molecular weight excluding hydrogens is 536 g/mol. The van der Waals surface area contributed by atoms with Crippen molar-refractivity contribution >= 4 is 62.1 Å². The highest BCUT2D eigenvalue weighted by Gasteiger charge is 2.42. The number of furan rings is 1. The van der Waals surface area contributed by atoms with Crippen LogP contribution in [0.15, 0.2) is 99.5 Å². The summed E-state index contributed by atoms with van der Waals surface area (Å²) in [6.45, 7) is 0. The van der Waals surface area contributed by atoms with Gasteiger partial charge in [0.2, 0.25) is 10.0 Å². The van der Waals surface area contributed by atoms with Crippen LogP contribution in [0, 0.1) is 0 Å². The molecule has 7 nitrogen and oxygen atoms in total. The lowest BCUT2D eigenvalue weighted by Crippen LogP contribution is -2.29. The highest BCUT2D eigenvalue weighted by molar-refractivity contribution is 7.99. The third kappa shape index (κ3) is 5.52. The van der Waals surface area contributed by atoms with Crippen LogP contribution in [-0.4, -0.2) is 24.8 Å². The number of pyridine rings is 1. The average molecular weight is 557 g/mol. The fourth-order valence-corrected chi connectivity index (χ4v) is 5.81. The summed E-state index contributed by atoms with van der Waals surface area (Å²) < 4.78 is 32.0. The maximum absolute atomic E-state index is 11.6. The normalized spacial score (nSPS) is 17.7. The molecule has 2 N–H and O–H groups in total. The van der Waals surface area contributed by atoms with E-state index in [1.807, 2.05) is 71.6 Å². The second-order valence-corrected chi connectivity index (χ2v) is 11.8. The molecule has 4 aromatic rings. The van der Waals surface area contributed by atoms with Gasteiger partial charge >= 0.3 is 0 Å². The number of hydrogen-bond donors (Lipinski definition) is 2. The van der Waals surface area contributed by atoms with Gasteiger partial charge in [-0.25, -0.2) is 8.42 Å². The van der Waals surface area contributed by atoms with Crippen LogP contribution in [0.2, 0.25) is 5.02 Å². The molecular formula is C25H21ClN4O3S3. The van der Waals surface area contributed by atoms with Crippen LogP contribution in [0.3, 0.4) is 0 Å². The summed E-state index contributed by atoms with van der Waals surface area (Å²) in [5, 5.41) is 5.31. The Kier molecular flexibility index (Phi) is 6.94. The van der Waals surface area contributed by atoms with Crippen LogP contribution < -0.4 is 14.9 Å². The molecule has 2 aromatic carbocycles. The molecule has 2 atom stereocenters. The number of hydrogen-bond acceptors (Lipinski definition) is 6. The minimum Gasteiger partial charge on any atom is -0.452 e. The first-order chi connectivity index (χ1) is 17.3. The van der Waals surface area contributed by atoms with Gasteiger partial charge in [-0.15, -0.1) is 0 Å². The van der Waals surface area contributed by atoms with Crippen LogP contribution in [0.1, 0.15) is 23.5 Å². The number of sulfonamides is 1. The van der Waals surface area contributed by atoms with Crippen LogP contribution >= 0.6 is 35.6 Å². The standard InChI is InChI=1S/C25H21ClN4O3S3/c1-36(31,32)29-17-7-9-18(10-8-17)30-24(23(28-25(30)34)20-4-2-3-15-27-20)21-13-14-22(33-21)35-19-11-5-16(26)6-12-19/h2-15,23-24,29H,1H3,(H,28,34)/t23-,24-/m0/s1. The first-order valence-electron chi connectivity index (χ1n) is 10.9. The SMILES string of the molecule is CS(=O)(=O)Nc1ccc(N2C(=S)N[C@@H](c3ccccn3)[C@@H]2c2ccc(Sc3ccc(Cl)cc3)o2)cc1. The van der Waals surface area contributed by atoms with E-state index in [9.17, 15) is 8.42 Å². The molecule has 0 spiro atoms. The monoisotopic (exact) mass is 556 g/mol. The Morgan fingerprint density at radius 2 is 1.81 bits per heavy atom. The van der Waals surface area contributed by atoms with E-state index in [-0.39, 0.29) is 12.1 Å². The average Bonchev–Trinajstić information content (AvgIpc) is 3.44. The largest absolute Gasteiger partial charge is 0.452 e. The van der Waals surface area contributed by atoms with Crippen molar-refractivity contribution in [3.8, 4) is 0 Å². The Morgan fingerprint density at radius 1 is 1.06 bits per heavy atom. The topological polar surface area (TPSA) is 87.5 Å². The van der Waals surface area contributed by atoms with Crippen LogP contribution in [0.5, 0.6) is 0 Å². The summed E-state index contributed by atoms with van der Waals surface area (Å²) in [4.78, 5) is 7.53. The van der Waals surface area contributed by atoms with Crippen molar-refractivity contribution < 1.29 is 12.8 Å². The molecule has 0 saturated carbocycles. The molecule has 36 heavy (non-hydrogen) atoms. The predicted octanol–water partition coefficient (Wildman–Crippen LogP) is 6.03. The molecule has 1 fully saturated rings. The van der Waals surface area contributed by atoms with Crippen molar-refractivity contribution in [2.24, 2.45) is 0 Å². The number of nitrogens with one attached hydrogen (secondary N) is 2. The molecule has 1 aliphatic heterocycles. The summed E-state index contributed by atoms with van der Waals surface area (Å²) in [6.07, 6.45) is 2.86. The number of thiocarbonyl (C=S) groups is 1. The van der Waals surface area contributed by atoms with Crippen LogP contribution in [0.25, 0.3) is 0 Å². The molecule has 0 aliphatic carbocycles. The van der Waals surface area contributed by atoms with Gasteiger partial charge in [-0.2, -0.15) is 0 Å². The fraction of sp³-hybridized carbons (Fsp3) is 0.120. The van der Waals surface area contributed by atoms with Gasteiger partial charge in [-0.1, -0.05) is 29.4 Å². The molecule has 1 aliphatic rings. The third-order valence-electron chi connectivity index (χ3n) is 5.47. The highest BCUT2D eigenvalue weighted by atomic mass is 35.5. The number of anilines is 2. The maximum Gasteiger partial charge on any atom is 0.229 e. The minimum atomic E-state index is -3.38. The van der Waals surface area contributed by atoms with Crippen LogP contribution in [0.4, 0.5) is 11.4 Å². The molecule has 184 valence electrons. The number of rotatable bonds is 7. The van der Waals surface area contributed by atoms with E-state index in [2.05, 4.69) is 15.0 Å². The number of benzene rings is 2. The lowest BCUT2D eigenvalue weighted by molar-refractivity contribution is 0.383. The second-order valence-electron chi connectivity index (χ2n) is 8.13. The first-order valence-corrected chi connectivity index (χ1v) is 14.4. The maximum atomic E-state index is 11.6. The molecule has 1 saturated heterocycles. The number of aromatic nitrogens is 1. The first kappa shape index (κ1) is 24.6. The van der Waals surface area contributed by atoms with E-state index in [0.717, 1.165) is 27.6 Å². The van der Waals surface area contributed by atoms with Crippen molar-refractivity contribution in [3.63, 3.8) is 0 Å². The van der Waals surface area contributed by atoms with Crippen LogP contribution in [-0.2, 0) is 10.0 Å². The van der Waals surface area contributed by atoms with E-state index < -0.39 is 10.0 Å². The second kappa shape index (κ2) is 10.1. The predicted molar refractivity (Wildman–Crippen MR) is 147 cm³/mol. The van der Waals surface area contributed by atoms with Crippen molar-refractivity contribution in [2.45, 2.75) is 22.1 Å². The van der Waals surface area contributed by atoms with Gasteiger partial charge in [-0.3, -0.25) is 9.71 Å². The number of halogens is 1. The minimum absolute atomic E-state index is 0.257. The summed E-state index contributed by atoms with van der Waals surface area (Å²) in [6, 6.07) is 23.7. The molecule has 0 radical (unpaired) electrons. The Bertz CT molecular complexity index is 1480. The zero-order valence-electron chi connectivity index (χ0n) is 19.0. The zero-order chi connectivity index (χ0) is 25.3. The lowest BCUT2D eigenvalue weighted by atomic mass is 10.0. The summed E-state index contributed by atoms with van der Waals surface area (Å²) in [7, 11) is -3.38. The van der Waals surface area contributed by atoms with Gasteiger partial charge in [0.05, 0.1) is 18.0 Å². The quantitative estimate of drug-likeness (QED) is 0.267.